The van der Waals surface area contributed by atoms with Gasteiger partial charge < -0.3 is 15.5 Å². The lowest BCUT2D eigenvalue weighted by Gasteiger charge is -2.05. The number of carbonyl (C=O) groups is 1. The van der Waals surface area contributed by atoms with Gasteiger partial charge in [0.25, 0.3) is 0 Å². The van der Waals surface area contributed by atoms with E-state index >= 15 is 0 Å². The molecular formula is C11H15NO3S. The zero-order chi connectivity index (χ0) is 11.8. The molecule has 0 radical (unpaired) electrons. The molecule has 0 saturated carbocycles. The Balaban J connectivity index is 2.16. The van der Waals surface area contributed by atoms with E-state index in [9.17, 15) is 4.79 Å². The third kappa shape index (κ3) is 5.27. The van der Waals surface area contributed by atoms with Crippen molar-refractivity contribution in [3.63, 3.8) is 0 Å². The molecule has 5 heteroatoms. The molecule has 4 nitrogen and oxygen atoms in total. The van der Waals surface area contributed by atoms with Crippen LogP contribution in [0.4, 0.5) is 0 Å². The summed E-state index contributed by atoms with van der Waals surface area (Å²) in [6, 6.07) is 9.08. The summed E-state index contributed by atoms with van der Waals surface area (Å²) in [6.07, 6.45) is -1.34. The molecule has 16 heavy (non-hydrogen) atoms. The van der Waals surface area contributed by atoms with Crippen molar-refractivity contribution < 1.29 is 15.0 Å². The third-order valence-electron chi connectivity index (χ3n) is 1.85. The van der Waals surface area contributed by atoms with Gasteiger partial charge in [-0.3, -0.25) is 4.79 Å². The van der Waals surface area contributed by atoms with Crippen molar-refractivity contribution in [3.05, 3.63) is 35.9 Å². The Bertz CT molecular complexity index is 316. The summed E-state index contributed by atoms with van der Waals surface area (Å²) in [4.78, 5) is 11.6. The van der Waals surface area contributed by atoms with E-state index < -0.39 is 6.29 Å². The number of aliphatic hydroxyl groups excluding tert-OH is 1. The highest BCUT2D eigenvalue weighted by atomic mass is 32.2. The van der Waals surface area contributed by atoms with Crippen LogP contribution in [0.5, 0.6) is 0 Å². The van der Waals surface area contributed by atoms with E-state index in [-0.39, 0.29) is 11.7 Å². The second kappa shape index (κ2) is 7.40. The largest absolute Gasteiger partial charge is 0.367 e. The Hall–Kier alpha value is -0.880. The van der Waals surface area contributed by atoms with Crippen LogP contribution in [0.3, 0.4) is 0 Å². The van der Waals surface area contributed by atoms with Gasteiger partial charge >= 0.3 is 0 Å². The Morgan fingerprint density at radius 1 is 1.31 bits per heavy atom. The van der Waals surface area contributed by atoms with Crippen LogP contribution in [0.15, 0.2) is 30.3 Å². The standard InChI is InChI=1S/C11H15NO3S/c13-10(14)8-12-6-7-16-11(15)9-4-2-1-3-5-9/h1-5,10,12-14H,6-8H2. The van der Waals surface area contributed by atoms with E-state index in [1.807, 2.05) is 18.2 Å². The second-order valence-electron chi connectivity index (χ2n) is 3.19. The van der Waals surface area contributed by atoms with Gasteiger partial charge in [0.15, 0.2) is 6.29 Å². The van der Waals surface area contributed by atoms with Crippen LogP contribution in [0.2, 0.25) is 0 Å². The Morgan fingerprint density at radius 3 is 2.62 bits per heavy atom. The summed E-state index contributed by atoms with van der Waals surface area (Å²) >= 11 is 1.22. The van der Waals surface area contributed by atoms with Gasteiger partial charge in [0.2, 0.25) is 5.12 Å². The average molecular weight is 241 g/mol. The summed E-state index contributed by atoms with van der Waals surface area (Å²) in [6.45, 7) is 0.695. The quantitative estimate of drug-likeness (QED) is 0.498. The monoisotopic (exact) mass is 241 g/mol. The molecule has 0 amide bonds. The van der Waals surface area contributed by atoms with Crippen LogP contribution in [-0.2, 0) is 0 Å². The molecule has 0 heterocycles. The molecule has 0 bridgehead atoms. The molecule has 0 atom stereocenters. The molecule has 1 aromatic rings. The van der Waals surface area contributed by atoms with Gasteiger partial charge in [-0.15, -0.1) is 0 Å². The highest BCUT2D eigenvalue weighted by molar-refractivity contribution is 8.14. The lowest BCUT2D eigenvalue weighted by atomic mass is 10.2. The molecule has 88 valence electrons. The van der Waals surface area contributed by atoms with E-state index in [4.69, 9.17) is 10.2 Å². The summed E-state index contributed by atoms with van der Waals surface area (Å²) in [5.74, 6) is 0.612. The van der Waals surface area contributed by atoms with Crippen LogP contribution in [0.25, 0.3) is 0 Å². The van der Waals surface area contributed by atoms with E-state index in [1.54, 1.807) is 12.1 Å². The number of nitrogens with one attached hydrogen (secondary N) is 1. The van der Waals surface area contributed by atoms with Gasteiger partial charge in [0, 0.05) is 24.4 Å². The number of rotatable bonds is 6. The second-order valence-corrected chi connectivity index (χ2v) is 4.25. The van der Waals surface area contributed by atoms with Crippen molar-refractivity contribution >= 4 is 16.9 Å². The van der Waals surface area contributed by atoms with Crippen LogP contribution in [0, 0.1) is 0 Å². The van der Waals surface area contributed by atoms with Crippen LogP contribution < -0.4 is 5.32 Å². The fourth-order valence-electron chi connectivity index (χ4n) is 1.10. The number of thioether (sulfide) groups is 1. The van der Waals surface area contributed by atoms with Crippen LogP contribution in [-0.4, -0.2) is 40.5 Å². The molecule has 1 aromatic carbocycles. The highest BCUT2D eigenvalue weighted by Crippen LogP contribution is 2.10. The van der Waals surface area contributed by atoms with Gasteiger partial charge in [-0.25, -0.2) is 0 Å². The first-order chi connectivity index (χ1) is 7.70. The number of hydrogen-bond acceptors (Lipinski definition) is 5. The molecule has 0 saturated heterocycles. The van der Waals surface area contributed by atoms with Crippen molar-refractivity contribution in [2.75, 3.05) is 18.8 Å². The van der Waals surface area contributed by atoms with E-state index in [0.717, 1.165) is 0 Å². The Kier molecular flexibility index (Phi) is 6.10. The predicted octanol–water partition coefficient (Wildman–Crippen LogP) is 0.460. The van der Waals surface area contributed by atoms with Crippen LogP contribution in [0.1, 0.15) is 10.4 Å². The normalized spacial score (nSPS) is 10.7. The van der Waals surface area contributed by atoms with Crippen molar-refractivity contribution in [3.8, 4) is 0 Å². The Morgan fingerprint density at radius 2 is 2.00 bits per heavy atom. The first-order valence-corrected chi connectivity index (χ1v) is 5.97. The number of aliphatic hydroxyl groups is 2. The highest BCUT2D eigenvalue weighted by Gasteiger charge is 2.04. The van der Waals surface area contributed by atoms with Gasteiger partial charge in [0.05, 0.1) is 0 Å². The zero-order valence-corrected chi connectivity index (χ0v) is 9.61. The fraction of sp³-hybridized carbons (Fsp3) is 0.364. The first kappa shape index (κ1) is 13.2. The SMILES string of the molecule is O=C(SCCNCC(O)O)c1ccccc1. The minimum absolute atomic E-state index is 0.0342. The smallest absolute Gasteiger partial charge is 0.219 e. The maximum atomic E-state index is 11.6. The fourth-order valence-corrected chi connectivity index (χ4v) is 1.84. The molecule has 0 aliphatic heterocycles. The minimum Gasteiger partial charge on any atom is -0.367 e. The van der Waals surface area contributed by atoms with Crippen molar-refractivity contribution in [1.82, 2.24) is 5.32 Å². The third-order valence-corrected chi connectivity index (χ3v) is 2.75. The molecule has 0 aliphatic carbocycles. The van der Waals surface area contributed by atoms with Gasteiger partial charge in [0.1, 0.15) is 0 Å². The molecule has 0 spiro atoms. The lowest BCUT2D eigenvalue weighted by Crippen LogP contribution is -2.28. The molecule has 3 N–H and O–H groups in total. The number of benzene rings is 1. The zero-order valence-electron chi connectivity index (χ0n) is 8.80. The van der Waals surface area contributed by atoms with E-state index in [2.05, 4.69) is 5.32 Å². The molecular weight excluding hydrogens is 226 g/mol. The lowest BCUT2D eigenvalue weighted by molar-refractivity contribution is -0.0367. The van der Waals surface area contributed by atoms with E-state index in [0.29, 0.717) is 17.9 Å². The minimum atomic E-state index is -1.34. The van der Waals surface area contributed by atoms with Gasteiger partial charge in [-0.2, -0.15) is 0 Å². The molecule has 0 aromatic heterocycles. The van der Waals surface area contributed by atoms with E-state index in [1.165, 1.54) is 11.8 Å². The number of carbonyl (C=O) groups excluding carboxylic acids is 1. The van der Waals surface area contributed by atoms with Gasteiger partial charge in [-0.05, 0) is 0 Å². The molecule has 1 rings (SSSR count). The Labute approximate surface area is 98.7 Å². The van der Waals surface area contributed by atoms with Crippen molar-refractivity contribution in [2.24, 2.45) is 0 Å². The maximum absolute atomic E-state index is 11.6. The predicted molar refractivity (Wildman–Crippen MR) is 64.3 cm³/mol. The van der Waals surface area contributed by atoms with Crippen molar-refractivity contribution in [1.29, 1.82) is 0 Å². The first-order valence-electron chi connectivity index (χ1n) is 4.99. The van der Waals surface area contributed by atoms with Crippen molar-refractivity contribution in [2.45, 2.75) is 6.29 Å². The summed E-state index contributed by atoms with van der Waals surface area (Å²) in [5.41, 5.74) is 0.690. The molecule has 0 fully saturated rings. The summed E-state index contributed by atoms with van der Waals surface area (Å²) in [7, 11) is 0. The number of hydrogen-bond donors (Lipinski definition) is 3. The molecule has 0 aliphatic rings. The summed E-state index contributed by atoms with van der Waals surface area (Å²) < 4.78 is 0. The summed E-state index contributed by atoms with van der Waals surface area (Å²) in [5, 5.41) is 20.0. The topological polar surface area (TPSA) is 69.6 Å². The maximum Gasteiger partial charge on any atom is 0.219 e. The van der Waals surface area contributed by atoms with Gasteiger partial charge in [-0.1, -0.05) is 42.1 Å². The average Bonchev–Trinajstić information content (AvgIpc) is 2.29. The van der Waals surface area contributed by atoms with Crippen LogP contribution >= 0.6 is 11.8 Å². The molecule has 0 unspecified atom stereocenters.